The SMILES string of the molecule is CC(C)(C)N1CCC(OC2CC(Oc3ccc(B4OC(C)(C)C(C)(C)O4)cn3)C2)CC1. The predicted molar refractivity (Wildman–Crippen MR) is 123 cm³/mol. The van der Waals surface area contributed by atoms with E-state index in [2.05, 4.69) is 58.4 Å². The third-order valence-corrected chi connectivity index (χ3v) is 7.40. The molecule has 2 saturated heterocycles. The molecule has 0 atom stereocenters. The summed E-state index contributed by atoms with van der Waals surface area (Å²) in [4.78, 5) is 7.04. The van der Waals surface area contributed by atoms with Gasteiger partial charge in [0.15, 0.2) is 0 Å². The molecule has 6 nitrogen and oxygen atoms in total. The summed E-state index contributed by atoms with van der Waals surface area (Å²) in [6.45, 7) is 17.3. The van der Waals surface area contributed by atoms with Crippen LogP contribution in [-0.2, 0) is 14.0 Å². The van der Waals surface area contributed by atoms with Crippen molar-refractivity contribution >= 4 is 12.6 Å². The summed E-state index contributed by atoms with van der Waals surface area (Å²) in [6, 6.07) is 3.90. The monoisotopic (exact) mass is 430 g/mol. The van der Waals surface area contributed by atoms with Crippen LogP contribution in [0.3, 0.4) is 0 Å². The van der Waals surface area contributed by atoms with Crippen LogP contribution in [0.2, 0.25) is 0 Å². The summed E-state index contributed by atoms with van der Waals surface area (Å²) >= 11 is 0. The Labute approximate surface area is 188 Å². The summed E-state index contributed by atoms with van der Waals surface area (Å²) in [5.41, 5.74) is 0.474. The molecule has 3 heterocycles. The average Bonchev–Trinajstić information content (AvgIpc) is 2.87. The Balaban J connectivity index is 1.19. The van der Waals surface area contributed by atoms with E-state index >= 15 is 0 Å². The minimum absolute atomic E-state index is 0.190. The van der Waals surface area contributed by atoms with Gasteiger partial charge >= 0.3 is 7.12 Å². The molecule has 4 rings (SSSR count). The summed E-state index contributed by atoms with van der Waals surface area (Å²) in [5.74, 6) is 0.655. The van der Waals surface area contributed by atoms with Gasteiger partial charge in [0.2, 0.25) is 5.88 Å². The van der Waals surface area contributed by atoms with Gasteiger partial charge < -0.3 is 18.8 Å². The Morgan fingerprint density at radius 1 is 0.968 bits per heavy atom. The van der Waals surface area contributed by atoms with E-state index in [1.54, 1.807) is 6.20 Å². The fraction of sp³-hybridized carbons (Fsp3) is 0.792. The Kier molecular flexibility index (Phi) is 6.18. The van der Waals surface area contributed by atoms with Crippen LogP contribution < -0.4 is 10.2 Å². The molecule has 7 heteroatoms. The lowest BCUT2D eigenvalue weighted by Gasteiger charge is -2.43. The first-order chi connectivity index (χ1) is 14.4. The lowest BCUT2D eigenvalue weighted by Crippen LogP contribution is -2.49. The van der Waals surface area contributed by atoms with Crippen LogP contribution in [0.1, 0.15) is 74.1 Å². The molecule has 0 spiro atoms. The van der Waals surface area contributed by atoms with Gasteiger partial charge in [-0.3, -0.25) is 4.90 Å². The van der Waals surface area contributed by atoms with Gasteiger partial charge in [-0.25, -0.2) is 4.98 Å². The molecule has 0 N–H and O–H groups in total. The van der Waals surface area contributed by atoms with E-state index in [1.165, 1.54) is 0 Å². The van der Waals surface area contributed by atoms with Crippen LogP contribution in [0.4, 0.5) is 0 Å². The van der Waals surface area contributed by atoms with E-state index in [0.717, 1.165) is 44.2 Å². The zero-order chi connectivity index (χ0) is 22.4. The normalized spacial score (nSPS) is 29.1. The van der Waals surface area contributed by atoms with E-state index in [4.69, 9.17) is 18.8 Å². The zero-order valence-corrected chi connectivity index (χ0v) is 20.3. The molecule has 0 bridgehead atoms. The second-order valence-corrected chi connectivity index (χ2v) is 11.3. The fourth-order valence-electron chi connectivity index (χ4n) is 4.41. The molecule has 1 aromatic rings. The minimum Gasteiger partial charge on any atom is -0.474 e. The van der Waals surface area contributed by atoms with E-state index in [9.17, 15) is 0 Å². The summed E-state index contributed by atoms with van der Waals surface area (Å²) in [5, 5.41) is 0. The third-order valence-electron chi connectivity index (χ3n) is 7.40. The van der Waals surface area contributed by atoms with Crippen molar-refractivity contribution in [3.8, 4) is 5.88 Å². The van der Waals surface area contributed by atoms with E-state index in [1.807, 2.05) is 12.1 Å². The van der Waals surface area contributed by atoms with Crippen LogP contribution in [0.25, 0.3) is 0 Å². The largest absolute Gasteiger partial charge is 0.496 e. The van der Waals surface area contributed by atoms with Crippen molar-refractivity contribution in [3.63, 3.8) is 0 Å². The first-order valence-corrected chi connectivity index (χ1v) is 11.8. The second-order valence-electron chi connectivity index (χ2n) is 11.3. The van der Waals surface area contributed by atoms with Crippen LogP contribution >= 0.6 is 0 Å². The van der Waals surface area contributed by atoms with Gasteiger partial charge in [-0.05, 0) is 67.4 Å². The molecular weight excluding hydrogens is 391 g/mol. The highest BCUT2D eigenvalue weighted by Crippen LogP contribution is 2.36. The number of piperidine rings is 1. The third kappa shape index (κ3) is 5.10. The first-order valence-electron chi connectivity index (χ1n) is 11.8. The quantitative estimate of drug-likeness (QED) is 0.666. The smallest absolute Gasteiger partial charge is 0.474 e. The molecule has 3 aliphatic rings. The number of likely N-dealkylation sites (tertiary alicyclic amines) is 1. The van der Waals surface area contributed by atoms with E-state index in [-0.39, 0.29) is 22.8 Å². The average molecular weight is 430 g/mol. The number of ether oxygens (including phenoxy) is 2. The lowest BCUT2D eigenvalue weighted by atomic mass is 9.80. The molecule has 1 aromatic heterocycles. The van der Waals surface area contributed by atoms with Crippen molar-refractivity contribution in [2.24, 2.45) is 0 Å². The Hall–Kier alpha value is -1.15. The number of aromatic nitrogens is 1. The van der Waals surface area contributed by atoms with Crippen molar-refractivity contribution in [2.75, 3.05) is 13.1 Å². The highest BCUT2D eigenvalue weighted by atomic mass is 16.7. The molecule has 2 aliphatic heterocycles. The predicted octanol–water partition coefficient (Wildman–Crippen LogP) is 3.57. The van der Waals surface area contributed by atoms with Crippen molar-refractivity contribution < 1.29 is 18.8 Å². The fourth-order valence-corrected chi connectivity index (χ4v) is 4.41. The molecule has 1 saturated carbocycles. The Morgan fingerprint density at radius 2 is 1.58 bits per heavy atom. The van der Waals surface area contributed by atoms with Gasteiger partial charge in [-0.2, -0.15) is 0 Å². The van der Waals surface area contributed by atoms with Crippen molar-refractivity contribution in [1.29, 1.82) is 0 Å². The van der Waals surface area contributed by atoms with Crippen LogP contribution in [0, 0.1) is 0 Å². The molecule has 0 unspecified atom stereocenters. The zero-order valence-electron chi connectivity index (χ0n) is 20.3. The minimum atomic E-state index is -0.391. The van der Waals surface area contributed by atoms with Crippen LogP contribution in [0.5, 0.6) is 5.88 Å². The molecule has 172 valence electrons. The van der Waals surface area contributed by atoms with Gasteiger partial charge in [-0.1, -0.05) is 6.07 Å². The number of hydrogen-bond acceptors (Lipinski definition) is 6. The van der Waals surface area contributed by atoms with E-state index < -0.39 is 7.12 Å². The summed E-state index contributed by atoms with van der Waals surface area (Å²) < 4.78 is 24.6. The van der Waals surface area contributed by atoms with Gasteiger partial charge in [0.1, 0.15) is 6.10 Å². The molecule has 31 heavy (non-hydrogen) atoms. The Morgan fingerprint density at radius 3 is 2.10 bits per heavy atom. The van der Waals surface area contributed by atoms with Crippen molar-refractivity contribution in [1.82, 2.24) is 9.88 Å². The summed E-state index contributed by atoms with van der Waals surface area (Å²) in [6.07, 6.45) is 6.84. The topological polar surface area (TPSA) is 53.1 Å². The highest BCUT2D eigenvalue weighted by Gasteiger charge is 2.51. The first kappa shape index (κ1) is 23.0. The lowest BCUT2D eigenvalue weighted by molar-refractivity contribution is -0.115. The van der Waals surface area contributed by atoms with Gasteiger partial charge in [0.25, 0.3) is 0 Å². The van der Waals surface area contributed by atoms with E-state index in [0.29, 0.717) is 18.1 Å². The maximum atomic E-state index is 6.32. The number of nitrogens with zero attached hydrogens (tertiary/aromatic N) is 2. The molecule has 0 aromatic carbocycles. The van der Waals surface area contributed by atoms with Crippen molar-refractivity contribution in [2.45, 2.75) is 109 Å². The molecular formula is C24H39BN2O4. The molecule has 1 aliphatic carbocycles. The number of rotatable bonds is 5. The molecule has 3 fully saturated rings. The van der Waals surface area contributed by atoms with Crippen molar-refractivity contribution in [3.05, 3.63) is 18.3 Å². The molecule has 0 radical (unpaired) electrons. The van der Waals surface area contributed by atoms with Crippen LogP contribution in [-0.4, -0.2) is 65.1 Å². The number of pyridine rings is 1. The molecule has 0 amide bonds. The number of hydrogen-bond donors (Lipinski definition) is 0. The second kappa shape index (κ2) is 8.33. The van der Waals surface area contributed by atoms with Gasteiger partial charge in [0.05, 0.1) is 23.4 Å². The Bertz CT molecular complexity index is 732. The summed E-state index contributed by atoms with van der Waals surface area (Å²) in [7, 11) is -0.391. The maximum absolute atomic E-state index is 6.32. The highest BCUT2D eigenvalue weighted by molar-refractivity contribution is 6.62. The van der Waals surface area contributed by atoms with Gasteiger partial charge in [-0.15, -0.1) is 0 Å². The van der Waals surface area contributed by atoms with Crippen LogP contribution in [0.15, 0.2) is 18.3 Å². The standard InChI is InChI=1S/C24H39BN2O4/c1-22(2,3)27-12-10-18(11-13-27)28-19-14-20(15-19)29-21-9-8-17(16-26-21)25-30-23(4,5)24(6,7)31-25/h8-9,16,18-20H,10-15H2,1-7H3. The maximum Gasteiger partial charge on any atom is 0.496 e. The van der Waals surface area contributed by atoms with Gasteiger partial charge in [0, 0.05) is 43.1 Å².